The highest BCUT2D eigenvalue weighted by Gasteiger charge is 2.39. The van der Waals surface area contributed by atoms with Crippen molar-refractivity contribution in [1.82, 2.24) is 5.32 Å². The fourth-order valence-corrected chi connectivity index (χ4v) is 2.40. The second kappa shape index (κ2) is 5.17. The Labute approximate surface area is 122 Å². The van der Waals surface area contributed by atoms with E-state index in [1.807, 2.05) is 32.0 Å². The first-order valence-corrected chi connectivity index (χ1v) is 6.59. The number of halogens is 1. The van der Waals surface area contributed by atoms with E-state index in [1.165, 1.54) is 0 Å². The summed E-state index contributed by atoms with van der Waals surface area (Å²) in [5.74, 6) is 0.232. The first-order chi connectivity index (χ1) is 9.37. The van der Waals surface area contributed by atoms with E-state index in [0.29, 0.717) is 6.54 Å². The lowest BCUT2D eigenvalue weighted by molar-refractivity contribution is -0.119. The second-order valence-electron chi connectivity index (χ2n) is 5.18. The zero-order valence-electron chi connectivity index (χ0n) is 11.4. The molecule has 0 radical (unpaired) electrons. The molecule has 0 unspecified atom stereocenters. The lowest BCUT2D eigenvalue weighted by atomic mass is 9.83. The maximum absolute atomic E-state index is 12.0. The highest BCUT2D eigenvalue weighted by atomic mass is 35.5. The van der Waals surface area contributed by atoms with E-state index >= 15 is 0 Å². The predicted molar refractivity (Wildman–Crippen MR) is 80.8 cm³/mol. The summed E-state index contributed by atoms with van der Waals surface area (Å²) in [4.78, 5) is 12.0. The zero-order chi connectivity index (χ0) is 14.9. The number of carbonyl (C=O) groups excluding carboxylic acids is 1. The maximum Gasteiger partial charge on any atom is 0.234 e. The Hall–Kier alpha value is -2.01. The Balaban J connectivity index is 2.31. The molecule has 5 nitrogen and oxygen atoms in total. The molecule has 0 atom stereocenters. The Morgan fingerprint density at radius 2 is 2.25 bits per heavy atom. The van der Waals surface area contributed by atoms with Gasteiger partial charge in [0.2, 0.25) is 5.91 Å². The van der Waals surface area contributed by atoms with Crippen molar-refractivity contribution in [3.63, 3.8) is 0 Å². The van der Waals surface area contributed by atoms with E-state index in [9.17, 15) is 4.79 Å². The topological polar surface area (TPSA) is 91.0 Å². The summed E-state index contributed by atoms with van der Waals surface area (Å²) in [5.41, 5.74) is 7.92. The first-order valence-electron chi connectivity index (χ1n) is 6.21. The fraction of sp³-hybridized carbons (Fsp3) is 0.286. The molecule has 1 amide bonds. The summed E-state index contributed by atoms with van der Waals surface area (Å²) < 4.78 is 0. The highest BCUT2D eigenvalue weighted by Crippen LogP contribution is 2.39. The molecule has 2 rings (SSSR count). The van der Waals surface area contributed by atoms with Crippen LogP contribution in [-0.2, 0) is 16.8 Å². The molecule has 0 saturated carbocycles. The van der Waals surface area contributed by atoms with Gasteiger partial charge in [0.15, 0.2) is 0 Å². The van der Waals surface area contributed by atoms with Crippen LogP contribution in [0.25, 0.3) is 0 Å². The van der Waals surface area contributed by atoms with Crippen LogP contribution in [0.5, 0.6) is 0 Å². The summed E-state index contributed by atoms with van der Waals surface area (Å²) in [5, 5.41) is 13.0. The minimum Gasteiger partial charge on any atom is -0.384 e. The molecule has 1 aliphatic heterocycles. The number of anilines is 1. The minimum absolute atomic E-state index is 0.0130. The largest absolute Gasteiger partial charge is 0.384 e. The molecule has 1 aromatic carbocycles. The van der Waals surface area contributed by atoms with Crippen molar-refractivity contribution in [1.29, 1.82) is 5.41 Å². The number of fused-ring (bicyclic) bond motifs is 1. The number of carbonyl (C=O) groups is 1. The SMILES string of the molecule is CC1(C)C(=O)Nc2cccc(CN/C(N)=C(\Cl)C=N)c21. The fourth-order valence-electron chi connectivity index (χ4n) is 2.33. The quantitative estimate of drug-likeness (QED) is 0.640. The van der Waals surface area contributed by atoms with Gasteiger partial charge >= 0.3 is 0 Å². The van der Waals surface area contributed by atoms with Gasteiger partial charge in [-0.15, -0.1) is 0 Å². The molecule has 0 fully saturated rings. The third-order valence-electron chi connectivity index (χ3n) is 3.44. The van der Waals surface area contributed by atoms with Crippen LogP contribution in [0.4, 0.5) is 5.69 Å². The van der Waals surface area contributed by atoms with Gasteiger partial charge in [0, 0.05) is 18.4 Å². The van der Waals surface area contributed by atoms with Crippen LogP contribution in [0.15, 0.2) is 29.1 Å². The Morgan fingerprint density at radius 1 is 1.55 bits per heavy atom. The number of hydrogen-bond donors (Lipinski definition) is 4. The number of hydrogen-bond acceptors (Lipinski definition) is 4. The monoisotopic (exact) mass is 292 g/mol. The molecule has 20 heavy (non-hydrogen) atoms. The van der Waals surface area contributed by atoms with E-state index in [4.69, 9.17) is 22.7 Å². The van der Waals surface area contributed by atoms with Gasteiger partial charge in [-0.3, -0.25) is 4.79 Å². The normalized spacial score (nSPS) is 17.1. The van der Waals surface area contributed by atoms with Gasteiger partial charge in [-0.2, -0.15) is 0 Å². The second-order valence-corrected chi connectivity index (χ2v) is 5.59. The van der Waals surface area contributed by atoms with Crippen molar-refractivity contribution in [2.45, 2.75) is 25.8 Å². The van der Waals surface area contributed by atoms with Crippen LogP contribution >= 0.6 is 11.6 Å². The summed E-state index contributed by atoms with van der Waals surface area (Å²) >= 11 is 5.76. The Bertz CT molecular complexity index is 607. The molecule has 0 bridgehead atoms. The van der Waals surface area contributed by atoms with Crippen LogP contribution in [0, 0.1) is 5.41 Å². The van der Waals surface area contributed by atoms with Crippen molar-refractivity contribution in [2.24, 2.45) is 5.73 Å². The van der Waals surface area contributed by atoms with Crippen LogP contribution in [0.2, 0.25) is 0 Å². The number of nitrogens with two attached hydrogens (primary N) is 1. The molecular formula is C14H17ClN4O. The van der Waals surface area contributed by atoms with Crippen molar-refractivity contribution in [2.75, 3.05) is 5.32 Å². The molecule has 0 spiro atoms. The van der Waals surface area contributed by atoms with Gasteiger partial charge in [0.1, 0.15) is 5.82 Å². The number of benzene rings is 1. The molecule has 106 valence electrons. The van der Waals surface area contributed by atoms with Crippen molar-refractivity contribution in [3.05, 3.63) is 40.2 Å². The third kappa shape index (κ3) is 2.36. The van der Waals surface area contributed by atoms with E-state index in [1.54, 1.807) is 0 Å². The summed E-state index contributed by atoms with van der Waals surface area (Å²) in [6, 6.07) is 5.71. The molecule has 0 aliphatic carbocycles. The van der Waals surface area contributed by atoms with Crippen molar-refractivity contribution >= 4 is 29.4 Å². The van der Waals surface area contributed by atoms with Crippen LogP contribution in [0.1, 0.15) is 25.0 Å². The number of rotatable bonds is 4. The van der Waals surface area contributed by atoms with E-state index < -0.39 is 5.41 Å². The highest BCUT2D eigenvalue weighted by molar-refractivity contribution is 6.39. The molecule has 1 heterocycles. The number of amides is 1. The molecular weight excluding hydrogens is 276 g/mol. The van der Waals surface area contributed by atoms with Gasteiger partial charge in [-0.25, -0.2) is 0 Å². The summed E-state index contributed by atoms with van der Waals surface area (Å²) in [6.07, 6.45) is 0.980. The Kier molecular flexibility index (Phi) is 3.72. The standard InChI is InChI=1S/C14H17ClN4O/c1-14(2)11-8(7-18-12(17)9(15)6-16)4-3-5-10(11)19-13(14)20/h3-6,16,18H,7,17H2,1-2H3,(H,19,20)/b12-9-,16-6?. The van der Waals surface area contributed by atoms with E-state index in [2.05, 4.69) is 10.6 Å². The average molecular weight is 293 g/mol. The van der Waals surface area contributed by atoms with Crippen LogP contribution in [-0.4, -0.2) is 12.1 Å². The Morgan fingerprint density at radius 3 is 2.90 bits per heavy atom. The van der Waals surface area contributed by atoms with Gasteiger partial charge < -0.3 is 21.8 Å². The van der Waals surface area contributed by atoms with E-state index in [-0.39, 0.29) is 16.8 Å². The van der Waals surface area contributed by atoms with Crippen LogP contribution < -0.4 is 16.4 Å². The van der Waals surface area contributed by atoms with Gasteiger partial charge in [-0.05, 0) is 31.0 Å². The molecule has 1 aliphatic rings. The predicted octanol–water partition coefficient (Wildman–Crippen LogP) is 2.02. The van der Waals surface area contributed by atoms with Crippen molar-refractivity contribution < 1.29 is 4.79 Å². The van der Waals surface area contributed by atoms with Gasteiger partial charge in [0.05, 0.1) is 10.4 Å². The zero-order valence-corrected chi connectivity index (χ0v) is 12.1. The molecule has 5 N–H and O–H groups in total. The van der Waals surface area contributed by atoms with Gasteiger partial charge in [-0.1, -0.05) is 23.7 Å². The maximum atomic E-state index is 12.0. The minimum atomic E-state index is -0.572. The molecule has 0 aromatic heterocycles. The summed E-state index contributed by atoms with van der Waals surface area (Å²) in [6.45, 7) is 4.22. The average Bonchev–Trinajstić information content (AvgIpc) is 2.66. The van der Waals surface area contributed by atoms with Gasteiger partial charge in [0.25, 0.3) is 0 Å². The lowest BCUT2D eigenvalue weighted by Crippen LogP contribution is -2.29. The van der Waals surface area contributed by atoms with Crippen molar-refractivity contribution in [3.8, 4) is 0 Å². The molecule has 0 saturated heterocycles. The number of nitrogens with one attached hydrogen (secondary N) is 3. The lowest BCUT2D eigenvalue weighted by Gasteiger charge is -2.19. The van der Waals surface area contributed by atoms with Crippen LogP contribution in [0.3, 0.4) is 0 Å². The van der Waals surface area contributed by atoms with E-state index in [0.717, 1.165) is 23.0 Å². The third-order valence-corrected chi connectivity index (χ3v) is 3.76. The molecule has 6 heteroatoms. The smallest absolute Gasteiger partial charge is 0.234 e. The number of allylic oxidation sites excluding steroid dienone is 1. The molecule has 1 aromatic rings. The summed E-state index contributed by atoms with van der Waals surface area (Å²) in [7, 11) is 0. The first kappa shape index (κ1) is 14.4.